The van der Waals surface area contributed by atoms with E-state index in [0.717, 1.165) is 30.3 Å². The fourth-order valence-corrected chi connectivity index (χ4v) is 2.25. The molecule has 1 aromatic carbocycles. The van der Waals surface area contributed by atoms with Gasteiger partial charge in [-0.3, -0.25) is 0 Å². The van der Waals surface area contributed by atoms with Gasteiger partial charge in [0.2, 0.25) is 0 Å². The molecule has 0 amide bonds. The maximum atomic E-state index is 8.70. The van der Waals surface area contributed by atoms with Gasteiger partial charge in [0.15, 0.2) is 0 Å². The van der Waals surface area contributed by atoms with Gasteiger partial charge in [-0.15, -0.1) is 0 Å². The number of hydrogen-bond donors (Lipinski definition) is 1. The molecule has 16 heavy (non-hydrogen) atoms. The van der Waals surface area contributed by atoms with Crippen molar-refractivity contribution >= 4 is 17.3 Å². The minimum absolute atomic E-state index is 0.245. The van der Waals surface area contributed by atoms with Crippen LogP contribution in [0.15, 0.2) is 24.3 Å². The summed E-state index contributed by atoms with van der Waals surface area (Å²) in [6.07, 6.45) is 0.543. The van der Waals surface area contributed by atoms with E-state index < -0.39 is 0 Å². The number of nitrogens with one attached hydrogen (secondary N) is 1. The van der Waals surface area contributed by atoms with Crippen LogP contribution in [0.2, 0.25) is 5.02 Å². The van der Waals surface area contributed by atoms with Gasteiger partial charge in [-0.2, -0.15) is 5.26 Å². The van der Waals surface area contributed by atoms with Crippen LogP contribution in [0.25, 0.3) is 0 Å². The molecule has 1 heterocycles. The van der Waals surface area contributed by atoms with Gasteiger partial charge >= 0.3 is 0 Å². The van der Waals surface area contributed by atoms with E-state index in [9.17, 15) is 0 Å². The maximum Gasteiger partial charge on any atom is 0.0639 e. The van der Waals surface area contributed by atoms with Crippen LogP contribution < -0.4 is 10.2 Å². The molecule has 1 saturated heterocycles. The van der Waals surface area contributed by atoms with E-state index in [1.807, 2.05) is 24.3 Å². The van der Waals surface area contributed by atoms with Crippen molar-refractivity contribution in [2.75, 3.05) is 24.5 Å². The second kappa shape index (κ2) is 5.20. The lowest BCUT2D eigenvalue weighted by atomic mass is 10.1. The van der Waals surface area contributed by atoms with E-state index in [4.69, 9.17) is 16.9 Å². The van der Waals surface area contributed by atoms with Crippen LogP contribution in [-0.2, 0) is 0 Å². The van der Waals surface area contributed by atoms with E-state index >= 15 is 0 Å². The van der Waals surface area contributed by atoms with Gasteiger partial charge in [0, 0.05) is 25.7 Å². The third kappa shape index (κ3) is 2.46. The number of hydrogen-bond acceptors (Lipinski definition) is 3. The summed E-state index contributed by atoms with van der Waals surface area (Å²) in [6, 6.07) is 10.3. The molecule has 3 nitrogen and oxygen atoms in total. The van der Waals surface area contributed by atoms with Crippen LogP contribution in [0, 0.1) is 11.3 Å². The summed E-state index contributed by atoms with van der Waals surface area (Å²) in [5, 5.41) is 12.8. The van der Waals surface area contributed by atoms with Crippen LogP contribution in [0.1, 0.15) is 6.42 Å². The van der Waals surface area contributed by atoms with Crippen molar-refractivity contribution in [2.24, 2.45) is 0 Å². The Bertz CT molecular complexity index is 399. The second-order valence-electron chi connectivity index (χ2n) is 3.91. The topological polar surface area (TPSA) is 39.1 Å². The molecule has 0 aliphatic carbocycles. The number of benzene rings is 1. The van der Waals surface area contributed by atoms with Crippen molar-refractivity contribution in [2.45, 2.75) is 12.5 Å². The summed E-state index contributed by atoms with van der Waals surface area (Å²) in [4.78, 5) is 2.24. The number of nitriles is 1. The Labute approximate surface area is 101 Å². The number of para-hydroxylation sites is 1. The zero-order valence-electron chi connectivity index (χ0n) is 8.99. The van der Waals surface area contributed by atoms with Gasteiger partial charge in [-0.25, -0.2) is 0 Å². The van der Waals surface area contributed by atoms with Crippen LogP contribution in [-0.4, -0.2) is 25.7 Å². The molecule has 2 rings (SSSR count). The average molecular weight is 236 g/mol. The first kappa shape index (κ1) is 11.3. The highest BCUT2D eigenvalue weighted by molar-refractivity contribution is 6.33. The van der Waals surface area contributed by atoms with Crippen LogP contribution in [0.3, 0.4) is 0 Å². The minimum Gasteiger partial charge on any atom is -0.367 e. The van der Waals surface area contributed by atoms with Gasteiger partial charge < -0.3 is 10.2 Å². The Balaban J connectivity index is 2.10. The Hall–Kier alpha value is -1.24. The summed E-state index contributed by atoms with van der Waals surface area (Å²) in [5.41, 5.74) is 1.06. The summed E-state index contributed by atoms with van der Waals surface area (Å²) in [7, 11) is 0. The van der Waals surface area contributed by atoms with Gasteiger partial charge in [-0.05, 0) is 12.1 Å². The molecule has 1 N–H and O–H groups in total. The number of piperazine rings is 1. The summed E-state index contributed by atoms with van der Waals surface area (Å²) < 4.78 is 0. The Morgan fingerprint density at radius 3 is 3.06 bits per heavy atom. The molecule has 1 aliphatic heterocycles. The second-order valence-corrected chi connectivity index (χ2v) is 4.32. The number of halogens is 1. The lowest BCUT2D eigenvalue weighted by molar-refractivity contribution is 0.463. The maximum absolute atomic E-state index is 8.70. The molecule has 84 valence electrons. The molecule has 0 aromatic heterocycles. The van der Waals surface area contributed by atoms with E-state index in [0.29, 0.717) is 6.42 Å². The van der Waals surface area contributed by atoms with E-state index in [-0.39, 0.29) is 6.04 Å². The lowest BCUT2D eigenvalue weighted by Gasteiger charge is -2.34. The van der Waals surface area contributed by atoms with Crippen molar-refractivity contribution in [3.63, 3.8) is 0 Å². The van der Waals surface area contributed by atoms with E-state index in [1.165, 1.54) is 0 Å². The largest absolute Gasteiger partial charge is 0.367 e. The van der Waals surface area contributed by atoms with Gasteiger partial charge in [0.1, 0.15) is 0 Å². The van der Waals surface area contributed by atoms with Crippen molar-refractivity contribution in [3.05, 3.63) is 29.3 Å². The third-order valence-electron chi connectivity index (χ3n) is 2.79. The van der Waals surface area contributed by atoms with Crippen molar-refractivity contribution in [3.8, 4) is 6.07 Å². The average Bonchev–Trinajstić information content (AvgIpc) is 2.30. The fourth-order valence-electron chi connectivity index (χ4n) is 2.00. The zero-order valence-corrected chi connectivity index (χ0v) is 9.74. The molecule has 4 heteroatoms. The number of nitrogens with zero attached hydrogens (tertiary/aromatic N) is 2. The van der Waals surface area contributed by atoms with Crippen molar-refractivity contribution in [1.82, 2.24) is 5.32 Å². The predicted octanol–water partition coefficient (Wildman–Crippen LogP) is 2.03. The molecule has 1 unspecified atom stereocenters. The standard InChI is InChI=1S/C12H14ClN3/c13-11-3-1-2-4-12(11)16-8-7-15-10(9-16)5-6-14/h1-4,10,15H,5,7-9H2. The molecule has 0 radical (unpaired) electrons. The SMILES string of the molecule is N#CCC1CN(c2ccccc2Cl)CCN1. The highest BCUT2D eigenvalue weighted by Gasteiger charge is 2.20. The molecular formula is C12H14ClN3. The van der Waals surface area contributed by atoms with E-state index in [2.05, 4.69) is 16.3 Å². The molecular weight excluding hydrogens is 222 g/mol. The Morgan fingerprint density at radius 2 is 2.31 bits per heavy atom. The summed E-state index contributed by atoms with van der Waals surface area (Å²) in [6.45, 7) is 2.68. The monoisotopic (exact) mass is 235 g/mol. The van der Waals surface area contributed by atoms with Crippen molar-refractivity contribution < 1.29 is 0 Å². The first-order valence-corrected chi connectivity index (χ1v) is 5.79. The number of rotatable bonds is 2. The lowest BCUT2D eigenvalue weighted by Crippen LogP contribution is -2.50. The number of anilines is 1. The molecule has 0 spiro atoms. The van der Waals surface area contributed by atoms with Crippen LogP contribution in [0.4, 0.5) is 5.69 Å². The van der Waals surface area contributed by atoms with Crippen LogP contribution >= 0.6 is 11.6 Å². The molecule has 0 bridgehead atoms. The van der Waals surface area contributed by atoms with E-state index in [1.54, 1.807) is 0 Å². The summed E-state index contributed by atoms with van der Waals surface area (Å²) >= 11 is 6.16. The third-order valence-corrected chi connectivity index (χ3v) is 3.11. The molecule has 1 fully saturated rings. The highest BCUT2D eigenvalue weighted by Crippen LogP contribution is 2.26. The molecule has 1 atom stereocenters. The highest BCUT2D eigenvalue weighted by atomic mass is 35.5. The smallest absolute Gasteiger partial charge is 0.0639 e. The Morgan fingerprint density at radius 1 is 1.50 bits per heavy atom. The minimum atomic E-state index is 0.245. The zero-order chi connectivity index (χ0) is 11.4. The molecule has 1 aliphatic rings. The predicted molar refractivity (Wildman–Crippen MR) is 65.7 cm³/mol. The normalized spacial score (nSPS) is 20.5. The fraction of sp³-hybridized carbons (Fsp3) is 0.417. The van der Waals surface area contributed by atoms with Crippen LogP contribution in [0.5, 0.6) is 0 Å². The van der Waals surface area contributed by atoms with Gasteiger partial charge in [0.05, 0.1) is 23.2 Å². The molecule has 1 aromatic rings. The first-order valence-electron chi connectivity index (χ1n) is 5.41. The van der Waals surface area contributed by atoms with Gasteiger partial charge in [-0.1, -0.05) is 23.7 Å². The quantitative estimate of drug-likeness (QED) is 0.853. The van der Waals surface area contributed by atoms with Gasteiger partial charge in [0.25, 0.3) is 0 Å². The Kier molecular flexibility index (Phi) is 3.66. The first-order chi connectivity index (χ1) is 7.81. The van der Waals surface area contributed by atoms with Crippen molar-refractivity contribution in [1.29, 1.82) is 5.26 Å². The summed E-state index contributed by atoms with van der Waals surface area (Å²) in [5.74, 6) is 0. The molecule has 0 saturated carbocycles.